The van der Waals surface area contributed by atoms with E-state index < -0.39 is 21.4 Å². The van der Waals surface area contributed by atoms with Gasteiger partial charge in [-0.15, -0.1) is 0 Å². The van der Waals surface area contributed by atoms with E-state index in [4.69, 9.17) is 4.99 Å². The van der Waals surface area contributed by atoms with Crippen molar-refractivity contribution in [1.29, 1.82) is 0 Å². The van der Waals surface area contributed by atoms with Gasteiger partial charge >= 0.3 is 21.7 Å². The van der Waals surface area contributed by atoms with Gasteiger partial charge in [-0.1, -0.05) is 12.1 Å². The van der Waals surface area contributed by atoms with Gasteiger partial charge in [0, 0.05) is 65.0 Å². The second kappa shape index (κ2) is 9.98. The number of nitrogens with one attached hydrogen (secondary N) is 1. The van der Waals surface area contributed by atoms with Crippen molar-refractivity contribution in [3.63, 3.8) is 0 Å². The number of alkyl halides is 3. The molecule has 5 rings (SSSR count). The number of benzene rings is 2. The third-order valence-corrected chi connectivity index (χ3v) is 7.81. The van der Waals surface area contributed by atoms with Gasteiger partial charge < -0.3 is 24.2 Å². The van der Waals surface area contributed by atoms with Crippen LogP contribution >= 0.6 is 0 Å². The summed E-state index contributed by atoms with van der Waals surface area (Å²) >= 11 is 0. The van der Waals surface area contributed by atoms with E-state index in [-0.39, 0.29) is 6.03 Å². The first kappa shape index (κ1) is 26.1. The Balaban J connectivity index is 1.42. The number of aliphatic imine (C=N–C) groups is 1. The van der Waals surface area contributed by atoms with Crippen molar-refractivity contribution in [1.82, 2.24) is 20.0 Å². The fourth-order valence-electron chi connectivity index (χ4n) is 4.77. The summed E-state index contributed by atoms with van der Waals surface area (Å²) in [5.41, 5.74) is -2.97. The molecule has 0 bridgehead atoms. The van der Waals surface area contributed by atoms with Gasteiger partial charge in [0.25, 0.3) is 0 Å². The molecule has 0 spiro atoms. The van der Waals surface area contributed by atoms with Gasteiger partial charge in [-0.2, -0.15) is 21.6 Å². The molecule has 2 aromatic rings. The van der Waals surface area contributed by atoms with Crippen molar-refractivity contribution >= 4 is 39.0 Å². The number of urea groups is 1. The van der Waals surface area contributed by atoms with Gasteiger partial charge in [-0.05, 0) is 30.3 Å². The maximum Gasteiger partial charge on any atom is 0.534 e. The fraction of sp³-hybridized carbons (Fsp3) is 0.417. The van der Waals surface area contributed by atoms with Crippen LogP contribution in [0, 0.1) is 0 Å². The SMILES string of the molecule is CN1c2ccccc2N=C(N2CCN(CCN3CCNC3=O)CC2)c2cc(OS(=O)(=O)C(F)(F)F)ccc21. The van der Waals surface area contributed by atoms with Gasteiger partial charge in [0.15, 0.2) is 0 Å². The second-order valence-electron chi connectivity index (χ2n) is 9.19. The summed E-state index contributed by atoms with van der Waals surface area (Å²) in [6.45, 7) is 5.25. The minimum absolute atomic E-state index is 0.0543. The minimum Gasteiger partial charge on any atom is -0.376 e. The van der Waals surface area contributed by atoms with Crippen LogP contribution in [0.2, 0.25) is 0 Å². The van der Waals surface area contributed by atoms with Crippen LogP contribution in [0.25, 0.3) is 0 Å². The van der Waals surface area contributed by atoms with Crippen LogP contribution in [0.5, 0.6) is 5.75 Å². The van der Waals surface area contributed by atoms with E-state index in [0.29, 0.717) is 68.6 Å². The number of halogens is 3. The standard InChI is InChI=1S/C24H27F3N6O4S/c1-30-20-7-6-17(37-38(35,36)24(25,26)27)16-18(20)22(29-19-4-2-3-5-21(19)30)32-13-10-31(11-14-32)12-15-33-9-8-28-23(33)34/h2-7,16H,8-15H2,1H3,(H,28,34). The average Bonchev–Trinajstić information content (AvgIpc) is 3.24. The molecule has 2 amide bonds. The van der Waals surface area contributed by atoms with Crippen molar-refractivity contribution in [3.8, 4) is 5.75 Å². The lowest BCUT2D eigenvalue weighted by Gasteiger charge is -2.37. The zero-order valence-corrected chi connectivity index (χ0v) is 21.4. The lowest BCUT2D eigenvalue weighted by Crippen LogP contribution is -2.50. The highest BCUT2D eigenvalue weighted by atomic mass is 32.2. The third-order valence-electron chi connectivity index (χ3n) is 6.83. The summed E-state index contributed by atoms with van der Waals surface area (Å²) < 4.78 is 66.7. The van der Waals surface area contributed by atoms with Crippen LogP contribution < -0.4 is 14.4 Å². The molecule has 2 aromatic carbocycles. The van der Waals surface area contributed by atoms with E-state index in [1.54, 1.807) is 4.90 Å². The Labute approximate surface area is 218 Å². The first-order valence-corrected chi connectivity index (χ1v) is 13.5. The highest BCUT2D eigenvalue weighted by Crippen LogP contribution is 2.40. The number of hydrogen-bond donors (Lipinski definition) is 1. The number of amidine groups is 1. The van der Waals surface area contributed by atoms with E-state index >= 15 is 0 Å². The Morgan fingerprint density at radius 3 is 2.42 bits per heavy atom. The van der Waals surface area contributed by atoms with Crippen LogP contribution in [0.4, 0.5) is 35.0 Å². The number of rotatable bonds is 5. The molecular weight excluding hydrogens is 525 g/mol. The summed E-state index contributed by atoms with van der Waals surface area (Å²) in [6, 6.07) is 11.4. The van der Waals surface area contributed by atoms with Gasteiger partial charge in [0.05, 0.1) is 17.1 Å². The first-order chi connectivity index (χ1) is 18.0. The predicted molar refractivity (Wildman–Crippen MR) is 136 cm³/mol. The van der Waals surface area contributed by atoms with Crippen LogP contribution in [-0.4, -0.2) is 99.9 Å². The summed E-state index contributed by atoms with van der Waals surface area (Å²) in [6.07, 6.45) is 0. The molecule has 10 nitrogen and oxygen atoms in total. The van der Waals surface area contributed by atoms with Gasteiger partial charge in [0.2, 0.25) is 0 Å². The second-order valence-corrected chi connectivity index (χ2v) is 10.7. The van der Waals surface area contributed by atoms with E-state index in [0.717, 1.165) is 12.2 Å². The van der Waals surface area contributed by atoms with Gasteiger partial charge in [0.1, 0.15) is 11.6 Å². The Hall–Kier alpha value is -3.52. The molecule has 3 aliphatic rings. The number of para-hydroxylation sites is 2. The number of fused-ring (bicyclic) bond motifs is 2. The monoisotopic (exact) mass is 552 g/mol. The number of piperazine rings is 1. The molecule has 0 aliphatic carbocycles. The Morgan fingerprint density at radius 1 is 1.00 bits per heavy atom. The highest BCUT2D eigenvalue weighted by Gasteiger charge is 2.48. The number of hydrogen-bond acceptors (Lipinski definition) is 8. The molecule has 0 saturated carbocycles. The van der Waals surface area contributed by atoms with E-state index in [1.165, 1.54) is 18.2 Å². The fourth-order valence-corrected chi connectivity index (χ4v) is 5.22. The molecule has 38 heavy (non-hydrogen) atoms. The van der Waals surface area contributed by atoms with Crippen molar-refractivity contribution in [2.75, 3.05) is 64.3 Å². The number of nitrogens with zero attached hydrogens (tertiary/aromatic N) is 5. The molecule has 3 aliphatic heterocycles. The molecule has 2 fully saturated rings. The number of carbonyl (C=O) groups excluding carboxylic acids is 1. The molecule has 0 unspecified atom stereocenters. The molecule has 2 saturated heterocycles. The lowest BCUT2D eigenvalue weighted by molar-refractivity contribution is -0.0500. The van der Waals surface area contributed by atoms with Crippen molar-refractivity contribution in [2.24, 2.45) is 4.99 Å². The molecule has 1 N–H and O–H groups in total. The Morgan fingerprint density at radius 2 is 1.74 bits per heavy atom. The summed E-state index contributed by atoms with van der Waals surface area (Å²) in [5.74, 6) is 0.0703. The Bertz CT molecular complexity index is 1360. The van der Waals surface area contributed by atoms with Crippen LogP contribution in [0.1, 0.15) is 5.56 Å². The minimum atomic E-state index is -5.83. The van der Waals surface area contributed by atoms with Crippen LogP contribution in [0.3, 0.4) is 0 Å². The van der Waals surface area contributed by atoms with Gasteiger partial charge in [-0.25, -0.2) is 9.79 Å². The number of anilines is 2. The molecule has 0 aromatic heterocycles. The zero-order valence-electron chi connectivity index (χ0n) is 20.6. The summed E-state index contributed by atoms with van der Waals surface area (Å²) in [4.78, 5) is 24.6. The summed E-state index contributed by atoms with van der Waals surface area (Å²) in [7, 11) is -4.01. The maximum atomic E-state index is 13.0. The van der Waals surface area contributed by atoms with E-state index in [2.05, 4.69) is 14.4 Å². The zero-order chi connectivity index (χ0) is 27.1. The predicted octanol–water partition coefficient (Wildman–Crippen LogP) is 2.72. The quantitative estimate of drug-likeness (QED) is 0.450. The number of amides is 2. The maximum absolute atomic E-state index is 13.0. The number of carbonyl (C=O) groups is 1. The van der Waals surface area contributed by atoms with Crippen molar-refractivity contribution in [3.05, 3.63) is 48.0 Å². The molecule has 0 atom stereocenters. The molecule has 14 heteroatoms. The van der Waals surface area contributed by atoms with E-state index in [9.17, 15) is 26.4 Å². The molecular formula is C24H27F3N6O4S. The topological polar surface area (TPSA) is 97.8 Å². The van der Waals surface area contributed by atoms with E-state index in [1.807, 2.05) is 41.1 Å². The smallest absolute Gasteiger partial charge is 0.376 e. The first-order valence-electron chi connectivity index (χ1n) is 12.1. The van der Waals surface area contributed by atoms with Crippen LogP contribution in [-0.2, 0) is 10.1 Å². The normalized spacial score (nSPS) is 18.5. The molecule has 3 heterocycles. The van der Waals surface area contributed by atoms with Crippen molar-refractivity contribution in [2.45, 2.75) is 5.51 Å². The highest BCUT2D eigenvalue weighted by molar-refractivity contribution is 7.88. The molecule has 0 radical (unpaired) electrons. The van der Waals surface area contributed by atoms with Gasteiger partial charge in [-0.3, -0.25) is 4.90 Å². The largest absolute Gasteiger partial charge is 0.534 e. The molecule has 204 valence electrons. The summed E-state index contributed by atoms with van der Waals surface area (Å²) in [5, 5.41) is 2.79. The van der Waals surface area contributed by atoms with Crippen LogP contribution in [0.15, 0.2) is 47.5 Å². The average molecular weight is 553 g/mol. The van der Waals surface area contributed by atoms with Crippen molar-refractivity contribution < 1.29 is 30.6 Å². The third kappa shape index (κ3) is 5.10. The Kier molecular flexibility index (Phi) is 6.86. The lowest BCUT2D eigenvalue weighted by atomic mass is 10.1.